The van der Waals surface area contributed by atoms with E-state index in [-0.39, 0.29) is 12.5 Å². The first-order valence-electron chi connectivity index (χ1n) is 4.72. The largest absolute Gasteiger partial charge is 0.375 e. The smallest absolute Gasteiger partial charge is 0.245 e. The third-order valence-electron chi connectivity index (χ3n) is 1.92. The predicted molar refractivity (Wildman–Crippen MR) is 60.0 cm³/mol. The molecule has 0 aliphatic rings. The second-order valence-electron chi connectivity index (χ2n) is 3.16. The van der Waals surface area contributed by atoms with Crippen LogP contribution < -0.4 is 5.32 Å². The fourth-order valence-corrected chi connectivity index (χ4v) is 1.31. The number of ether oxygens (including phenoxy) is 1. The molecule has 0 bridgehead atoms. The van der Waals surface area contributed by atoms with E-state index >= 15 is 0 Å². The second-order valence-corrected chi connectivity index (χ2v) is 3.60. The van der Waals surface area contributed by atoms with E-state index < -0.39 is 0 Å². The third kappa shape index (κ3) is 4.81. The predicted octanol–water partition coefficient (Wildman–Crippen LogP) is 1.65. The second kappa shape index (κ2) is 6.43. The fourth-order valence-electron chi connectivity index (χ4n) is 1.18. The summed E-state index contributed by atoms with van der Waals surface area (Å²) in [6, 6.07) is 7.58. The molecule has 0 atom stereocenters. The lowest BCUT2D eigenvalue weighted by Gasteiger charge is -2.04. The van der Waals surface area contributed by atoms with Gasteiger partial charge in [0.2, 0.25) is 5.91 Å². The lowest BCUT2D eigenvalue weighted by atomic mass is 10.1. The van der Waals surface area contributed by atoms with Crippen molar-refractivity contribution in [1.82, 2.24) is 5.32 Å². The van der Waals surface area contributed by atoms with Crippen LogP contribution in [0.2, 0.25) is 5.02 Å². The van der Waals surface area contributed by atoms with Crippen molar-refractivity contribution in [1.29, 1.82) is 0 Å². The number of nitrogens with one attached hydrogen (secondary N) is 1. The SMILES string of the molecule is COCC(=O)NCCc1ccc(Cl)cc1. The molecule has 15 heavy (non-hydrogen) atoms. The van der Waals surface area contributed by atoms with Gasteiger partial charge in [-0.1, -0.05) is 23.7 Å². The van der Waals surface area contributed by atoms with E-state index in [1.165, 1.54) is 7.11 Å². The number of amides is 1. The molecule has 1 amide bonds. The van der Waals surface area contributed by atoms with Crippen molar-refractivity contribution in [3.05, 3.63) is 34.9 Å². The quantitative estimate of drug-likeness (QED) is 0.831. The van der Waals surface area contributed by atoms with Gasteiger partial charge in [0, 0.05) is 18.7 Å². The lowest BCUT2D eigenvalue weighted by Crippen LogP contribution is -2.28. The first-order valence-corrected chi connectivity index (χ1v) is 5.10. The molecule has 4 heteroatoms. The minimum atomic E-state index is -0.0912. The summed E-state index contributed by atoms with van der Waals surface area (Å²) in [5, 5.41) is 3.47. The molecular formula is C11H14ClNO2. The maximum atomic E-state index is 11.0. The van der Waals surface area contributed by atoms with Crippen LogP contribution in [0, 0.1) is 0 Å². The first-order chi connectivity index (χ1) is 7.22. The van der Waals surface area contributed by atoms with Crippen molar-refractivity contribution in [2.75, 3.05) is 20.3 Å². The molecule has 1 aromatic carbocycles. The molecule has 82 valence electrons. The van der Waals surface area contributed by atoms with Crippen LogP contribution in [0.15, 0.2) is 24.3 Å². The first kappa shape index (κ1) is 12.0. The topological polar surface area (TPSA) is 38.3 Å². The Balaban J connectivity index is 2.26. The standard InChI is InChI=1S/C11H14ClNO2/c1-15-8-11(14)13-7-6-9-2-4-10(12)5-3-9/h2-5H,6-8H2,1H3,(H,13,14). The van der Waals surface area contributed by atoms with E-state index in [1.807, 2.05) is 24.3 Å². The highest BCUT2D eigenvalue weighted by Gasteiger charge is 1.98. The van der Waals surface area contributed by atoms with Crippen molar-refractivity contribution in [2.24, 2.45) is 0 Å². The van der Waals surface area contributed by atoms with Gasteiger partial charge >= 0.3 is 0 Å². The summed E-state index contributed by atoms with van der Waals surface area (Å²) in [6.45, 7) is 0.727. The van der Waals surface area contributed by atoms with Gasteiger partial charge in [0.15, 0.2) is 0 Å². The third-order valence-corrected chi connectivity index (χ3v) is 2.18. The molecular weight excluding hydrogens is 214 g/mol. The van der Waals surface area contributed by atoms with Crippen LogP contribution in [0.4, 0.5) is 0 Å². The van der Waals surface area contributed by atoms with Crippen LogP contribution >= 0.6 is 11.6 Å². The van der Waals surface area contributed by atoms with Crippen LogP contribution in [0.25, 0.3) is 0 Å². The Labute approximate surface area is 94.4 Å². The monoisotopic (exact) mass is 227 g/mol. The highest BCUT2D eigenvalue weighted by Crippen LogP contribution is 2.09. The van der Waals surface area contributed by atoms with Crippen molar-refractivity contribution in [2.45, 2.75) is 6.42 Å². The Morgan fingerprint density at radius 1 is 1.40 bits per heavy atom. The van der Waals surface area contributed by atoms with E-state index in [9.17, 15) is 4.79 Å². The van der Waals surface area contributed by atoms with Crippen LogP contribution in [-0.4, -0.2) is 26.2 Å². The molecule has 0 spiro atoms. The van der Waals surface area contributed by atoms with Gasteiger partial charge in [0.05, 0.1) is 0 Å². The molecule has 0 radical (unpaired) electrons. The Morgan fingerprint density at radius 3 is 2.67 bits per heavy atom. The summed E-state index contributed by atoms with van der Waals surface area (Å²) in [4.78, 5) is 11.0. The average Bonchev–Trinajstić information content (AvgIpc) is 2.21. The zero-order valence-electron chi connectivity index (χ0n) is 8.63. The molecule has 0 saturated heterocycles. The van der Waals surface area contributed by atoms with Crippen LogP contribution in [0.1, 0.15) is 5.56 Å². The van der Waals surface area contributed by atoms with E-state index in [2.05, 4.69) is 5.32 Å². The van der Waals surface area contributed by atoms with Gasteiger partial charge in [0.25, 0.3) is 0 Å². The molecule has 0 heterocycles. The molecule has 0 fully saturated rings. The number of methoxy groups -OCH3 is 1. The molecule has 0 unspecified atom stereocenters. The van der Waals surface area contributed by atoms with Crippen molar-refractivity contribution >= 4 is 17.5 Å². The van der Waals surface area contributed by atoms with E-state index in [0.717, 1.165) is 17.0 Å². The highest BCUT2D eigenvalue weighted by molar-refractivity contribution is 6.30. The number of carbonyl (C=O) groups excluding carboxylic acids is 1. The number of halogens is 1. The van der Waals surface area contributed by atoms with Gasteiger partial charge in [0.1, 0.15) is 6.61 Å². The van der Waals surface area contributed by atoms with Crippen LogP contribution in [-0.2, 0) is 16.0 Å². The Hall–Kier alpha value is -1.06. The maximum Gasteiger partial charge on any atom is 0.245 e. The van der Waals surface area contributed by atoms with Crippen molar-refractivity contribution in [3.8, 4) is 0 Å². The van der Waals surface area contributed by atoms with E-state index in [1.54, 1.807) is 0 Å². The summed E-state index contributed by atoms with van der Waals surface area (Å²) in [5.41, 5.74) is 1.15. The molecule has 1 N–H and O–H groups in total. The number of rotatable bonds is 5. The highest BCUT2D eigenvalue weighted by atomic mass is 35.5. The summed E-state index contributed by atoms with van der Waals surface area (Å²) < 4.78 is 4.69. The van der Waals surface area contributed by atoms with Crippen molar-refractivity contribution < 1.29 is 9.53 Å². The van der Waals surface area contributed by atoms with Gasteiger partial charge in [-0.25, -0.2) is 0 Å². The number of hydrogen-bond acceptors (Lipinski definition) is 2. The molecule has 1 rings (SSSR count). The van der Waals surface area contributed by atoms with E-state index in [0.29, 0.717) is 6.54 Å². The van der Waals surface area contributed by atoms with Crippen LogP contribution in [0.3, 0.4) is 0 Å². The summed E-state index contributed by atoms with van der Waals surface area (Å²) in [6.07, 6.45) is 0.798. The normalized spacial score (nSPS) is 10.0. The molecule has 0 saturated carbocycles. The summed E-state index contributed by atoms with van der Waals surface area (Å²) >= 11 is 5.75. The molecule has 0 aromatic heterocycles. The van der Waals surface area contributed by atoms with Gasteiger partial charge < -0.3 is 10.1 Å². The Bertz CT molecular complexity index is 311. The lowest BCUT2D eigenvalue weighted by molar-refractivity contribution is -0.124. The van der Waals surface area contributed by atoms with Gasteiger partial charge in [-0.3, -0.25) is 4.79 Å². The maximum absolute atomic E-state index is 11.0. The zero-order chi connectivity index (χ0) is 11.1. The minimum absolute atomic E-state index is 0.0912. The zero-order valence-corrected chi connectivity index (χ0v) is 9.38. The minimum Gasteiger partial charge on any atom is -0.375 e. The van der Waals surface area contributed by atoms with Gasteiger partial charge in [-0.2, -0.15) is 0 Å². The number of benzene rings is 1. The number of hydrogen-bond donors (Lipinski definition) is 1. The molecule has 0 aliphatic heterocycles. The molecule has 1 aromatic rings. The fraction of sp³-hybridized carbons (Fsp3) is 0.364. The Morgan fingerprint density at radius 2 is 2.07 bits per heavy atom. The average molecular weight is 228 g/mol. The van der Waals surface area contributed by atoms with Crippen molar-refractivity contribution in [3.63, 3.8) is 0 Å². The van der Waals surface area contributed by atoms with Gasteiger partial charge in [-0.15, -0.1) is 0 Å². The van der Waals surface area contributed by atoms with Crippen LogP contribution in [0.5, 0.6) is 0 Å². The Kier molecular flexibility index (Phi) is 5.15. The summed E-state index contributed by atoms with van der Waals surface area (Å²) in [7, 11) is 1.50. The molecule has 3 nitrogen and oxygen atoms in total. The van der Waals surface area contributed by atoms with E-state index in [4.69, 9.17) is 16.3 Å². The molecule has 0 aliphatic carbocycles. The van der Waals surface area contributed by atoms with Gasteiger partial charge in [-0.05, 0) is 24.1 Å². The summed E-state index contributed by atoms with van der Waals surface area (Å²) in [5.74, 6) is -0.0912. The number of carbonyl (C=O) groups is 1.